The van der Waals surface area contributed by atoms with Crippen LogP contribution in [-0.4, -0.2) is 75.3 Å². The Balaban J connectivity index is 1.56. The minimum atomic E-state index is -0.823. The first-order valence-corrected chi connectivity index (χ1v) is 14.3. The normalized spacial score (nSPS) is 22.3. The van der Waals surface area contributed by atoms with Crippen molar-refractivity contribution in [2.24, 2.45) is 0 Å². The lowest BCUT2D eigenvalue weighted by Crippen LogP contribution is -3.14. The molecule has 9 heteroatoms. The second-order valence-electron chi connectivity index (χ2n) is 10.5. The van der Waals surface area contributed by atoms with Gasteiger partial charge in [0, 0.05) is 12.0 Å². The Morgan fingerprint density at radius 3 is 2.62 bits per heavy atom. The molecule has 0 aromatic heterocycles. The van der Waals surface area contributed by atoms with Gasteiger partial charge in [-0.25, -0.2) is 0 Å². The molecule has 2 fully saturated rings. The molecule has 0 aliphatic carbocycles. The molecule has 40 heavy (non-hydrogen) atoms. The van der Waals surface area contributed by atoms with E-state index in [-0.39, 0.29) is 11.7 Å². The van der Waals surface area contributed by atoms with Crippen LogP contribution >= 0.6 is 0 Å². The molecule has 2 unspecified atom stereocenters. The maximum atomic E-state index is 14.0. The lowest BCUT2D eigenvalue weighted by Gasteiger charge is -2.30. The molecule has 0 spiro atoms. The van der Waals surface area contributed by atoms with Gasteiger partial charge >= 0.3 is 0 Å². The summed E-state index contributed by atoms with van der Waals surface area (Å²) in [5, 5.41) is 14.0. The highest BCUT2D eigenvalue weighted by molar-refractivity contribution is 6.46. The van der Waals surface area contributed by atoms with Gasteiger partial charge in [-0.3, -0.25) is 9.59 Å². The van der Waals surface area contributed by atoms with Crippen molar-refractivity contribution in [1.82, 2.24) is 4.90 Å². The van der Waals surface area contributed by atoms with E-state index in [4.69, 9.17) is 18.9 Å². The number of fused-ring (bicyclic) bond motifs is 1. The number of carbonyl (C=O) groups is 2. The third kappa shape index (κ3) is 5.67. The maximum Gasteiger partial charge on any atom is 0.295 e. The van der Waals surface area contributed by atoms with Crippen LogP contribution in [0.15, 0.2) is 42.0 Å². The van der Waals surface area contributed by atoms with Crippen LogP contribution in [0.5, 0.6) is 17.2 Å². The molecule has 2 aromatic carbocycles. The third-order valence-electron chi connectivity index (χ3n) is 7.64. The molecule has 0 saturated carbocycles. The van der Waals surface area contributed by atoms with Crippen LogP contribution in [0.25, 0.3) is 5.76 Å². The number of quaternary nitrogens is 1. The summed E-state index contributed by atoms with van der Waals surface area (Å²) < 4.78 is 23.0. The number of morpholine rings is 1. The summed E-state index contributed by atoms with van der Waals surface area (Å²) in [5.41, 5.74) is 1.92. The number of hydrogen-bond donors (Lipinski definition) is 1. The molecule has 3 aliphatic heterocycles. The van der Waals surface area contributed by atoms with Crippen LogP contribution in [-0.2, 0) is 20.7 Å². The van der Waals surface area contributed by atoms with E-state index in [0.717, 1.165) is 30.8 Å². The number of ether oxygens (including phenoxy) is 4. The zero-order chi connectivity index (χ0) is 28.2. The van der Waals surface area contributed by atoms with E-state index in [2.05, 4.69) is 0 Å². The van der Waals surface area contributed by atoms with Gasteiger partial charge in [0.05, 0.1) is 45.6 Å². The van der Waals surface area contributed by atoms with Crippen molar-refractivity contribution in [3.8, 4) is 17.2 Å². The molecule has 9 nitrogen and oxygen atoms in total. The van der Waals surface area contributed by atoms with Crippen LogP contribution in [0.2, 0.25) is 0 Å². The van der Waals surface area contributed by atoms with Crippen molar-refractivity contribution >= 4 is 17.4 Å². The van der Waals surface area contributed by atoms with E-state index in [9.17, 15) is 14.7 Å². The molecular weight excluding hydrogens is 512 g/mol. The average Bonchev–Trinajstić information content (AvgIpc) is 3.46. The molecule has 3 aliphatic rings. The number of nitrogens with zero attached hydrogens (tertiary/aromatic N) is 1. The van der Waals surface area contributed by atoms with Crippen molar-refractivity contribution in [2.75, 3.05) is 52.6 Å². The van der Waals surface area contributed by atoms with E-state index in [1.165, 1.54) is 4.90 Å². The topological polar surface area (TPSA) is 102 Å². The van der Waals surface area contributed by atoms with Gasteiger partial charge in [0.1, 0.15) is 24.9 Å². The van der Waals surface area contributed by atoms with Crippen LogP contribution in [0.4, 0.5) is 0 Å². The summed E-state index contributed by atoms with van der Waals surface area (Å²) in [7, 11) is 0. The second-order valence-corrected chi connectivity index (χ2v) is 10.5. The standard InChI is InChI=1S/C31H38N2O7/c1-4-14-39-25-9-6-21(19-26(25)38-5-2)28-27(29(34)22-7-8-24-23(18-22)17-20(3)40-24)30(35)31(36)33(28)11-10-32-12-15-37-16-13-32/h6-9,18-20,28,34H,4-5,10-17H2,1-3H3. The molecule has 214 valence electrons. The molecule has 5 rings (SSSR count). The molecular formula is C31H38N2O7. The Bertz CT molecular complexity index is 1280. The third-order valence-corrected chi connectivity index (χ3v) is 7.64. The van der Waals surface area contributed by atoms with Gasteiger partial charge in [-0.1, -0.05) is 24.8 Å². The molecule has 2 saturated heterocycles. The molecule has 1 amide bonds. The minimum absolute atomic E-state index is 0.0269. The highest BCUT2D eigenvalue weighted by Crippen LogP contribution is 2.42. The second kappa shape index (κ2) is 12.3. The summed E-state index contributed by atoms with van der Waals surface area (Å²) in [6.07, 6.45) is 1.56. The summed E-state index contributed by atoms with van der Waals surface area (Å²) in [4.78, 5) is 29.8. The fourth-order valence-corrected chi connectivity index (χ4v) is 5.65. The Morgan fingerprint density at radius 1 is 1.07 bits per heavy atom. The Hall–Kier alpha value is -3.56. The number of rotatable bonds is 10. The maximum absolute atomic E-state index is 14.0. The smallest absolute Gasteiger partial charge is 0.295 e. The number of ketones is 1. The van der Waals surface area contributed by atoms with E-state index in [1.54, 1.807) is 35.2 Å². The van der Waals surface area contributed by atoms with Crippen LogP contribution < -0.4 is 24.2 Å². The van der Waals surface area contributed by atoms with Gasteiger partial charge in [0.2, 0.25) is 5.78 Å². The number of nitrogens with one attached hydrogen (secondary N) is 1. The zero-order valence-corrected chi connectivity index (χ0v) is 23.5. The molecule has 3 heterocycles. The van der Waals surface area contributed by atoms with Crippen LogP contribution in [0, 0.1) is 0 Å². The SMILES string of the molecule is CCCOc1ccc(C2C(=C([O-])c3ccc4c(c3)CC(C)O4)C(=O)C(=O)N2CC[NH+]2CCOCC2)cc1OCC. The number of amides is 1. The first-order valence-electron chi connectivity index (χ1n) is 14.3. The fraction of sp³-hybridized carbons (Fsp3) is 0.484. The highest BCUT2D eigenvalue weighted by Gasteiger charge is 2.45. The van der Waals surface area contributed by atoms with Crippen molar-refractivity contribution < 1.29 is 38.5 Å². The Labute approximate surface area is 235 Å². The number of likely N-dealkylation sites (tertiary alicyclic amines) is 1. The summed E-state index contributed by atoms with van der Waals surface area (Å²) in [6.45, 7) is 10.8. The van der Waals surface area contributed by atoms with Gasteiger partial charge in [0.25, 0.3) is 5.91 Å². The van der Waals surface area contributed by atoms with Gasteiger partial charge < -0.3 is 33.9 Å². The molecule has 2 aromatic rings. The average molecular weight is 551 g/mol. The summed E-state index contributed by atoms with van der Waals surface area (Å²) >= 11 is 0. The first-order chi connectivity index (χ1) is 19.4. The van der Waals surface area contributed by atoms with E-state index in [1.807, 2.05) is 26.8 Å². The lowest BCUT2D eigenvalue weighted by atomic mass is 9.94. The van der Waals surface area contributed by atoms with Crippen molar-refractivity contribution in [3.63, 3.8) is 0 Å². The summed E-state index contributed by atoms with van der Waals surface area (Å²) in [6, 6.07) is 9.83. The predicted octanol–water partition coefficient (Wildman–Crippen LogP) is 1.34. The summed E-state index contributed by atoms with van der Waals surface area (Å²) in [5.74, 6) is 0.0296. The van der Waals surface area contributed by atoms with Crippen molar-refractivity contribution in [3.05, 3.63) is 58.7 Å². The van der Waals surface area contributed by atoms with Gasteiger partial charge in [-0.15, -0.1) is 0 Å². The number of benzene rings is 2. The predicted molar refractivity (Wildman–Crippen MR) is 146 cm³/mol. The molecule has 1 N–H and O–H groups in total. The van der Waals surface area contributed by atoms with E-state index in [0.29, 0.717) is 68.6 Å². The van der Waals surface area contributed by atoms with Gasteiger partial charge in [-0.2, -0.15) is 0 Å². The quantitative estimate of drug-likeness (QED) is 0.271. The van der Waals surface area contributed by atoms with Gasteiger partial charge in [-0.05, 0) is 61.2 Å². The number of carbonyl (C=O) groups excluding carboxylic acids is 2. The molecule has 0 bridgehead atoms. The lowest BCUT2D eigenvalue weighted by molar-refractivity contribution is -0.907. The first kappa shape index (κ1) is 28.0. The number of hydrogen-bond acceptors (Lipinski definition) is 7. The molecule has 2 atom stereocenters. The Kier molecular flexibility index (Phi) is 8.61. The highest BCUT2D eigenvalue weighted by atomic mass is 16.5. The van der Waals surface area contributed by atoms with E-state index >= 15 is 0 Å². The van der Waals surface area contributed by atoms with Crippen molar-refractivity contribution in [2.45, 2.75) is 45.8 Å². The fourth-order valence-electron chi connectivity index (χ4n) is 5.65. The van der Waals surface area contributed by atoms with Crippen molar-refractivity contribution in [1.29, 1.82) is 0 Å². The number of Topliss-reactive ketones (excluding diaryl/α,β-unsaturated/α-hetero) is 1. The monoisotopic (exact) mass is 550 g/mol. The van der Waals surface area contributed by atoms with Crippen LogP contribution in [0.3, 0.4) is 0 Å². The van der Waals surface area contributed by atoms with E-state index < -0.39 is 23.5 Å². The minimum Gasteiger partial charge on any atom is -0.872 e. The molecule has 0 radical (unpaired) electrons. The van der Waals surface area contributed by atoms with Crippen LogP contribution in [0.1, 0.15) is 49.9 Å². The largest absolute Gasteiger partial charge is 0.872 e. The zero-order valence-electron chi connectivity index (χ0n) is 23.5. The van der Waals surface area contributed by atoms with Gasteiger partial charge in [0.15, 0.2) is 11.5 Å². The Morgan fingerprint density at radius 2 is 1.88 bits per heavy atom.